The Labute approximate surface area is 164 Å². The Hall–Kier alpha value is -3.54. The number of esters is 2. The molecular weight excluding hydrogens is 360 g/mol. The van der Waals surface area contributed by atoms with E-state index < -0.39 is 11.9 Å². The van der Waals surface area contributed by atoms with Gasteiger partial charge >= 0.3 is 11.9 Å². The van der Waals surface area contributed by atoms with Crippen LogP contribution in [0.4, 0.5) is 0 Å². The SMILES string of the molecule is C=C(C)C(=O)Oc1cccc(OCCOc2cccc(OC(=O)C(=C)C)c2)c1. The lowest BCUT2D eigenvalue weighted by atomic mass is 10.3. The maximum atomic E-state index is 11.6. The molecule has 0 aromatic heterocycles. The zero-order chi connectivity index (χ0) is 20.5. The van der Waals surface area contributed by atoms with Crippen LogP contribution in [0.25, 0.3) is 0 Å². The molecule has 0 amide bonds. The number of hydrogen-bond acceptors (Lipinski definition) is 6. The van der Waals surface area contributed by atoms with Gasteiger partial charge < -0.3 is 18.9 Å². The maximum absolute atomic E-state index is 11.6. The molecule has 0 unspecified atom stereocenters. The van der Waals surface area contributed by atoms with Gasteiger partial charge in [0.2, 0.25) is 0 Å². The van der Waals surface area contributed by atoms with Crippen LogP contribution in [0.15, 0.2) is 72.8 Å². The molecule has 146 valence electrons. The zero-order valence-corrected chi connectivity index (χ0v) is 15.9. The van der Waals surface area contributed by atoms with Gasteiger partial charge in [0.1, 0.15) is 36.2 Å². The van der Waals surface area contributed by atoms with Gasteiger partial charge in [0, 0.05) is 23.3 Å². The molecule has 28 heavy (non-hydrogen) atoms. The molecule has 2 rings (SSSR count). The summed E-state index contributed by atoms with van der Waals surface area (Å²) in [5.74, 6) is 0.844. The smallest absolute Gasteiger partial charge is 0.338 e. The van der Waals surface area contributed by atoms with E-state index in [1.54, 1.807) is 62.4 Å². The molecule has 0 aliphatic heterocycles. The average molecular weight is 382 g/mol. The highest BCUT2D eigenvalue weighted by Gasteiger charge is 2.07. The lowest BCUT2D eigenvalue weighted by Crippen LogP contribution is -2.11. The third-order valence-corrected chi connectivity index (χ3v) is 3.35. The van der Waals surface area contributed by atoms with E-state index >= 15 is 0 Å². The maximum Gasteiger partial charge on any atom is 0.338 e. The molecular formula is C22H22O6. The van der Waals surface area contributed by atoms with Crippen LogP contribution in [0.2, 0.25) is 0 Å². The second-order valence-corrected chi connectivity index (χ2v) is 5.99. The molecule has 6 heteroatoms. The van der Waals surface area contributed by atoms with Crippen molar-refractivity contribution in [2.45, 2.75) is 13.8 Å². The van der Waals surface area contributed by atoms with Crippen molar-refractivity contribution in [1.82, 2.24) is 0 Å². The van der Waals surface area contributed by atoms with Crippen molar-refractivity contribution < 1.29 is 28.5 Å². The van der Waals surface area contributed by atoms with Crippen LogP contribution in [0, 0.1) is 0 Å². The Balaban J connectivity index is 1.83. The van der Waals surface area contributed by atoms with E-state index in [2.05, 4.69) is 13.2 Å². The molecule has 0 spiro atoms. The van der Waals surface area contributed by atoms with Crippen molar-refractivity contribution in [3.05, 3.63) is 72.8 Å². The largest absolute Gasteiger partial charge is 0.490 e. The van der Waals surface area contributed by atoms with Crippen LogP contribution >= 0.6 is 0 Å². The average Bonchev–Trinajstić information content (AvgIpc) is 2.65. The minimum Gasteiger partial charge on any atom is -0.490 e. The number of rotatable bonds is 9. The van der Waals surface area contributed by atoms with Crippen LogP contribution in [0.3, 0.4) is 0 Å². The molecule has 0 atom stereocenters. The lowest BCUT2D eigenvalue weighted by Gasteiger charge is -2.11. The molecule has 0 aliphatic carbocycles. The Bertz CT molecular complexity index is 811. The van der Waals surface area contributed by atoms with Gasteiger partial charge in [-0.1, -0.05) is 25.3 Å². The molecule has 0 saturated heterocycles. The molecule has 2 aromatic carbocycles. The van der Waals surface area contributed by atoms with Gasteiger partial charge in [0.25, 0.3) is 0 Å². The first kappa shape index (κ1) is 20.8. The van der Waals surface area contributed by atoms with Crippen molar-refractivity contribution in [3.8, 4) is 23.0 Å². The highest BCUT2D eigenvalue weighted by molar-refractivity contribution is 5.89. The molecule has 2 aromatic rings. The molecule has 6 nitrogen and oxygen atoms in total. The first-order valence-corrected chi connectivity index (χ1v) is 8.56. The van der Waals surface area contributed by atoms with E-state index in [0.29, 0.717) is 34.1 Å². The van der Waals surface area contributed by atoms with Gasteiger partial charge in [-0.05, 0) is 38.1 Å². The summed E-state index contributed by atoms with van der Waals surface area (Å²) in [5, 5.41) is 0. The molecule has 0 saturated carbocycles. The number of hydrogen-bond donors (Lipinski definition) is 0. The van der Waals surface area contributed by atoms with Gasteiger partial charge in [0.05, 0.1) is 0 Å². The van der Waals surface area contributed by atoms with Crippen LogP contribution in [-0.4, -0.2) is 25.2 Å². The van der Waals surface area contributed by atoms with Gasteiger partial charge in [-0.25, -0.2) is 9.59 Å². The summed E-state index contributed by atoms with van der Waals surface area (Å²) >= 11 is 0. The summed E-state index contributed by atoms with van der Waals surface area (Å²) in [6, 6.07) is 13.5. The number of ether oxygens (including phenoxy) is 4. The van der Waals surface area contributed by atoms with Crippen molar-refractivity contribution in [2.75, 3.05) is 13.2 Å². The second kappa shape index (κ2) is 9.97. The summed E-state index contributed by atoms with van der Waals surface area (Å²) in [7, 11) is 0. The first-order valence-electron chi connectivity index (χ1n) is 8.56. The van der Waals surface area contributed by atoms with E-state index in [4.69, 9.17) is 18.9 Å². The minimum atomic E-state index is -0.493. The quantitative estimate of drug-likeness (QED) is 0.281. The molecule has 0 radical (unpaired) electrons. The molecule has 0 fully saturated rings. The highest BCUT2D eigenvalue weighted by Crippen LogP contribution is 2.22. The highest BCUT2D eigenvalue weighted by atomic mass is 16.5. The number of carbonyl (C=O) groups is 2. The Morgan fingerprint density at radius 1 is 0.714 bits per heavy atom. The summed E-state index contributed by atoms with van der Waals surface area (Å²) in [5.41, 5.74) is 0.631. The van der Waals surface area contributed by atoms with Gasteiger partial charge in [0.15, 0.2) is 0 Å². The minimum absolute atomic E-state index is 0.271. The monoisotopic (exact) mass is 382 g/mol. The summed E-state index contributed by atoms with van der Waals surface area (Å²) in [6.07, 6.45) is 0. The normalized spacial score (nSPS) is 9.93. The van der Waals surface area contributed by atoms with E-state index in [1.165, 1.54) is 0 Å². The Morgan fingerprint density at radius 2 is 1.07 bits per heavy atom. The topological polar surface area (TPSA) is 71.1 Å². The van der Waals surface area contributed by atoms with E-state index in [-0.39, 0.29) is 13.2 Å². The Morgan fingerprint density at radius 3 is 1.43 bits per heavy atom. The van der Waals surface area contributed by atoms with Crippen molar-refractivity contribution >= 4 is 11.9 Å². The fourth-order valence-electron chi connectivity index (χ4n) is 1.96. The first-order chi connectivity index (χ1) is 13.3. The molecule has 0 N–H and O–H groups in total. The Kier molecular flexibility index (Phi) is 7.39. The predicted octanol–water partition coefficient (Wildman–Crippen LogP) is 4.11. The van der Waals surface area contributed by atoms with Crippen LogP contribution in [0.1, 0.15) is 13.8 Å². The molecule has 0 bridgehead atoms. The lowest BCUT2D eigenvalue weighted by molar-refractivity contribution is -0.130. The third kappa shape index (κ3) is 6.64. The van der Waals surface area contributed by atoms with Crippen LogP contribution < -0.4 is 18.9 Å². The van der Waals surface area contributed by atoms with Gasteiger partial charge in [-0.3, -0.25) is 0 Å². The number of benzene rings is 2. The van der Waals surface area contributed by atoms with Crippen molar-refractivity contribution in [1.29, 1.82) is 0 Å². The van der Waals surface area contributed by atoms with Crippen molar-refractivity contribution in [2.24, 2.45) is 0 Å². The summed E-state index contributed by atoms with van der Waals surface area (Å²) < 4.78 is 21.5. The third-order valence-electron chi connectivity index (χ3n) is 3.35. The fourth-order valence-corrected chi connectivity index (χ4v) is 1.96. The van der Waals surface area contributed by atoms with Gasteiger partial charge in [-0.15, -0.1) is 0 Å². The van der Waals surface area contributed by atoms with Gasteiger partial charge in [-0.2, -0.15) is 0 Å². The second-order valence-electron chi connectivity index (χ2n) is 5.99. The van der Waals surface area contributed by atoms with E-state index in [1.807, 2.05) is 0 Å². The standard InChI is InChI=1S/C22H22O6/c1-15(2)21(23)27-19-9-5-7-17(13-19)25-11-12-26-18-8-6-10-20(14-18)28-22(24)16(3)4/h5-10,13-14H,1,3,11-12H2,2,4H3. The van der Waals surface area contributed by atoms with Crippen LogP contribution in [0.5, 0.6) is 23.0 Å². The number of carbonyl (C=O) groups excluding carboxylic acids is 2. The van der Waals surface area contributed by atoms with E-state index in [0.717, 1.165) is 0 Å². The molecule has 0 aliphatic rings. The summed E-state index contributed by atoms with van der Waals surface area (Å²) in [6.45, 7) is 10.8. The van der Waals surface area contributed by atoms with Crippen LogP contribution in [-0.2, 0) is 9.59 Å². The van der Waals surface area contributed by atoms with Crippen molar-refractivity contribution in [3.63, 3.8) is 0 Å². The predicted molar refractivity (Wildman–Crippen MR) is 105 cm³/mol. The fraction of sp³-hybridized carbons (Fsp3) is 0.182. The van der Waals surface area contributed by atoms with E-state index in [9.17, 15) is 9.59 Å². The summed E-state index contributed by atoms with van der Waals surface area (Å²) in [4.78, 5) is 23.1. The zero-order valence-electron chi connectivity index (χ0n) is 15.9. The molecule has 0 heterocycles.